The summed E-state index contributed by atoms with van der Waals surface area (Å²) in [6, 6.07) is 4.23. The fraction of sp³-hybridized carbons (Fsp3) is 0.462. The molecule has 1 rings (SSSR count). The van der Waals surface area contributed by atoms with Gasteiger partial charge in [-0.15, -0.1) is 0 Å². The number of hydrogen-bond donors (Lipinski definition) is 1. The lowest BCUT2D eigenvalue weighted by Crippen LogP contribution is -2.39. The summed E-state index contributed by atoms with van der Waals surface area (Å²) >= 11 is 0. The number of hydrogen-bond acceptors (Lipinski definition) is 5. The number of anilines is 1. The van der Waals surface area contributed by atoms with Gasteiger partial charge in [0.05, 0.1) is 5.56 Å². The Bertz CT molecular complexity index is 706. The van der Waals surface area contributed by atoms with E-state index in [0.29, 0.717) is 11.9 Å². The zero-order valence-electron chi connectivity index (χ0n) is 13.3. The molecule has 0 saturated carbocycles. The van der Waals surface area contributed by atoms with Crippen LogP contribution in [0.25, 0.3) is 0 Å². The van der Waals surface area contributed by atoms with Gasteiger partial charge in [-0.25, -0.2) is 4.79 Å². The zero-order valence-corrected chi connectivity index (χ0v) is 14.1. The molecule has 0 saturated heterocycles. The van der Waals surface area contributed by atoms with Crippen LogP contribution < -0.4 is 4.90 Å². The minimum absolute atomic E-state index is 0.137. The standard InChI is InChI=1S/C13H17BF3NO5S/c1-18(2)10-4-3-8(5-9(10)6-14)12(19)23-11(13(15,16)17)7-24(20,21)22/h3-5,11H,6-7,14H2,1-2H3,(H,20,21,22). The number of ether oxygens (including phenoxy) is 1. The maximum absolute atomic E-state index is 12.8. The highest BCUT2D eigenvalue weighted by Gasteiger charge is 2.45. The van der Waals surface area contributed by atoms with Crippen LogP contribution in [-0.4, -0.2) is 58.9 Å². The van der Waals surface area contributed by atoms with Crippen LogP contribution in [0, 0.1) is 0 Å². The van der Waals surface area contributed by atoms with Crippen molar-refractivity contribution in [3.8, 4) is 0 Å². The summed E-state index contributed by atoms with van der Waals surface area (Å²) < 4.78 is 72.6. The van der Waals surface area contributed by atoms with Crippen LogP contribution in [0.3, 0.4) is 0 Å². The molecule has 134 valence electrons. The van der Waals surface area contributed by atoms with E-state index >= 15 is 0 Å². The van der Waals surface area contributed by atoms with E-state index in [4.69, 9.17) is 4.55 Å². The van der Waals surface area contributed by atoms with Gasteiger partial charge in [-0.2, -0.15) is 21.6 Å². The largest absolute Gasteiger partial charge is 0.448 e. The van der Waals surface area contributed by atoms with Gasteiger partial charge >= 0.3 is 12.1 Å². The molecular weight excluding hydrogens is 350 g/mol. The maximum atomic E-state index is 12.8. The minimum Gasteiger partial charge on any atom is -0.448 e. The summed E-state index contributed by atoms with van der Waals surface area (Å²) in [6.45, 7) is 0. The lowest BCUT2D eigenvalue weighted by atomic mass is 9.93. The molecule has 0 aliphatic rings. The van der Waals surface area contributed by atoms with Gasteiger partial charge in [0.1, 0.15) is 13.6 Å². The molecule has 6 nitrogen and oxygen atoms in total. The molecule has 0 radical (unpaired) electrons. The van der Waals surface area contributed by atoms with Gasteiger partial charge in [0.15, 0.2) is 0 Å². The highest BCUT2D eigenvalue weighted by Crippen LogP contribution is 2.26. The molecule has 1 atom stereocenters. The number of benzene rings is 1. The molecule has 11 heteroatoms. The van der Waals surface area contributed by atoms with Crippen LogP contribution in [0.4, 0.5) is 18.9 Å². The lowest BCUT2D eigenvalue weighted by molar-refractivity contribution is -0.197. The molecule has 0 fully saturated rings. The molecule has 0 aliphatic carbocycles. The van der Waals surface area contributed by atoms with Crippen LogP contribution in [0.2, 0.25) is 0 Å². The van der Waals surface area contributed by atoms with Crippen LogP contribution in [0.1, 0.15) is 15.9 Å². The van der Waals surface area contributed by atoms with Gasteiger partial charge in [0, 0.05) is 19.8 Å². The van der Waals surface area contributed by atoms with E-state index in [1.165, 1.54) is 12.1 Å². The van der Waals surface area contributed by atoms with Crippen molar-refractivity contribution in [2.24, 2.45) is 0 Å². The van der Waals surface area contributed by atoms with Crippen LogP contribution in [0.15, 0.2) is 18.2 Å². The zero-order chi connectivity index (χ0) is 18.7. The van der Waals surface area contributed by atoms with E-state index in [1.807, 2.05) is 7.85 Å². The van der Waals surface area contributed by atoms with E-state index < -0.39 is 34.1 Å². The van der Waals surface area contributed by atoms with E-state index in [9.17, 15) is 26.4 Å². The second-order valence-electron chi connectivity index (χ2n) is 5.28. The van der Waals surface area contributed by atoms with Crippen molar-refractivity contribution in [2.45, 2.75) is 18.6 Å². The number of rotatable bonds is 6. The first kappa shape index (κ1) is 20.3. The number of carbonyl (C=O) groups excluding carboxylic acids is 1. The molecule has 1 N–H and O–H groups in total. The van der Waals surface area contributed by atoms with Crippen molar-refractivity contribution in [1.82, 2.24) is 0 Å². The average molecular weight is 367 g/mol. The quantitative estimate of drug-likeness (QED) is 0.456. The van der Waals surface area contributed by atoms with Crippen molar-refractivity contribution >= 4 is 29.6 Å². The number of halogens is 3. The van der Waals surface area contributed by atoms with Crippen molar-refractivity contribution in [1.29, 1.82) is 0 Å². The van der Waals surface area contributed by atoms with Gasteiger partial charge in [0.25, 0.3) is 10.1 Å². The Morgan fingerprint density at radius 2 is 1.96 bits per heavy atom. The van der Waals surface area contributed by atoms with Gasteiger partial charge < -0.3 is 9.64 Å². The summed E-state index contributed by atoms with van der Waals surface area (Å²) in [5, 5.41) is 0. The minimum atomic E-state index is -5.12. The van der Waals surface area contributed by atoms with Crippen LogP contribution in [0.5, 0.6) is 0 Å². The average Bonchev–Trinajstić information content (AvgIpc) is 2.43. The topological polar surface area (TPSA) is 83.9 Å². The maximum Gasteiger partial charge on any atom is 0.426 e. The summed E-state index contributed by atoms with van der Waals surface area (Å²) in [5.74, 6) is -3.07. The predicted molar refractivity (Wildman–Crippen MR) is 84.7 cm³/mol. The van der Waals surface area contributed by atoms with E-state index in [-0.39, 0.29) is 5.56 Å². The number of nitrogens with zero attached hydrogens (tertiary/aromatic N) is 1. The first-order valence-electron chi connectivity index (χ1n) is 6.88. The third-order valence-corrected chi connectivity index (χ3v) is 3.88. The van der Waals surface area contributed by atoms with Crippen molar-refractivity contribution in [3.63, 3.8) is 0 Å². The van der Waals surface area contributed by atoms with Crippen molar-refractivity contribution in [3.05, 3.63) is 29.3 Å². The summed E-state index contributed by atoms with van der Waals surface area (Å²) in [7, 11) is 0.397. The molecule has 1 unspecified atom stereocenters. The fourth-order valence-electron chi connectivity index (χ4n) is 2.02. The van der Waals surface area contributed by atoms with Crippen LogP contribution in [-0.2, 0) is 21.2 Å². The number of alkyl halides is 3. The van der Waals surface area contributed by atoms with E-state index in [1.54, 1.807) is 25.1 Å². The number of carbonyl (C=O) groups is 1. The summed E-state index contributed by atoms with van der Waals surface area (Å²) in [6.07, 6.45) is -7.54. The first-order valence-corrected chi connectivity index (χ1v) is 8.49. The monoisotopic (exact) mass is 367 g/mol. The molecular formula is C13H17BF3NO5S. The Labute approximate surface area is 138 Å². The van der Waals surface area contributed by atoms with Crippen LogP contribution >= 0.6 is 0 Å². The molecule has 1 aromatic carbocycles. The second kappa shape index (κ2) is 7.43. The molecule has 0 aliphatic heterocycles. The Hall–Kier alpha value is -1.75. The second-order valence-corrected chi connectivity index (χ2v) is 6.77. The fourth-order valence-corrected chi connectivity index (χ4v) is 2.66. The Morgan fingerprint density at radius 1 is 1.38 bits per heavy atom. The van der Waals surface area contributed by atoms with Gasteiger partial charge in [-0.3, -0.25) is 4.55 Å². The highest BCUT2D eigenvalue weighted by molar-refractivity contribution is 7.85. The van der Waals surface area contributed by atoms with Gasteiger partial charge in [-0.1, -0.05) is 6.32 Å². The van der Waals surface area contributed by atoms with Gasteiger partial charge in [0.2, 0.25) is 6.10 Å². The Kier molecular flexibility index (Phi) is 6.29. The predicted octanol–water partition coefficient (Wildman–Crippen LogP) is 0.861. The Balaban J connectivity index is 3.08. The third-order valence-electron chi connectivity index (χ3n) is 3.15. The van der Waals surface area contributed by atoms with E-state index in [0.717, 1.165) is 5.69 Å². The highest BCUT2D eigenvalue weighted by atomic mass is 32.2. The summed E-state index contributed by atoms with van der Waals surface area (Å²) in [5.41, 5.74) is 1.37. The first-order chi connectivity index (χ1) is 10.8. The number of esters is 1. The molecule has 24 heavy (non-hydrogen) atoms. The smallest absolute Gasteiger partial charge is 0.426 e. The normalized spacial score (nSPS) is 13.4. The molecule has 0 spiro atoms. The SMILES string of the molecule is BCc1cc(C(=O)OC(CS(=O)(=O)O)C(F)(F)F)ccc1N(C)C. The van der Waals surface area contributed by atoms with E-state index in [2.05, 4.69) is 4.74 Å². The van der Waals surface area contributed by atoms with Crippen molar-refractivity contribution < 1.29 is 35.7 Å². The third kappa shape index (κ3) is 5.71. The molecule has 0 heterocycles. The summed E-state index contributed by atoms with van der Waals surface area (Å²) in [4.78, 5) is 13.7. The molecule has 0 bridgehead atoms. The van der Waals surface area contributed by atoms with Gasteiger partial charge in [-0.05, 0) is 23.8 Å². The molecule has 1 aromatic rings. The lowest BCUT2D eigenvalue weighted by Gasteiger charge is -2.21. The Morgan fingerprint density at radius 3 is 2.38 bits per heavy atom. The molecule has 0 amide bonds. The van der Waals surface area contributed by atoms with Crippen molar-refractivity contribution in [2.75, 3.05) is 24.7 Å². The molecule has 0 aromatic heterocycles.